The molecular formula is C33H32F3N7O6. The van der Waals surface area contributed by atoms with E-state index in [1.54, 1.807) is 37.3 Å². The van der Waals surface area contributed by atoms with Gasteiger partial charge in [0.25, 0.3) is 5.91 Å². The standard InChI is InChI=1S/C33H32F3N7O6/c1-20-13-31(47)49-28-16-27(44)21(14-26(20)28)17-37-41-30(46)19-43-11-9-42(10-12-43)18-29(45)38-23-5-7-24(8-6-23)39-32(48)40-25-4-2-3-22(15-25)33(34,35)36/h2-8,13-17,44H,9-12,18-19H2,1H3,(H,38,45)(H,41,46)(H2,39,40,48)/b37-17+. The second kappa shape index (κ2) is 15.0. The zero-order valence-electron chi connectivity index (χ0n) is 26.1. The first-order chi connectivity index (χ1) is 23.3. The lowest BCUT2D eigenvalue weighted by Crippen LogP contribution is -2.50. The molecule has 5 rings (SSSR count). The molecule has 1 aliphatic heterocycles. The van der Waals surface area contributed by atoms with E-state index in [2.05, 4.69) is 26.5 Å². The predicted molar refractivity (Wildman–Crippen MR) is 177 cm³/mol. The number of hydrogen-bond donors (Lipinski definition) is 5. The van der Waals surface area contributed by atoms with E-state index < -0.39 is 23.4 Å². The number of amides is 4. The molecule has 5 N–H and O–H groups in total. The molecule has 0 atom stereocenters. The van der Waals surface area contributed by atoms with Gasteiger partial charge >= 0.3 is 17.8 Å². The maximum atomic E-state index is 12.9. The molecule has 0 radical (unpaired) electrons. The molecule has 16 heteroatoms. The lowest BCUT2D eigenvalue weighted by Gasteiger charge is -2.33. The first-order valence-electron chi connectivity index (χ1n) is 15.0. The number of nitrogens with zero attached hydrogens (tertiary/aromatic N) is 3. The predicted octanol–water partition coefficient (Wildman–Crippen LogP) is 4.18. The van der Waals surface area contributed by atoms with E-state index in [0.717, 1.165) is 12.1 Å². The highest BCUT2D eigenvalue weighted by atomic mass is 19.4. The second-order valence-corrected chi connectivity index (χ2v) is 11.3. The summed E-state index contributed by atoms with van der Waals surface area (Å²) in [4.78, 5) is 52.7. The van der Waals surface area contributed by atoms with Gasteiger partial charge in [0.15, 0.2) is 0 Å². The van der Waals surface area contributed by atoms with E-state index in [1.807, 2.05) is 9.80 Å². The van der Waals surface area contributed by atoms with Gasteiger partial charge in [-0.25, -0.2) is 15.0 Å². The minimum Gasteiger partial charge on any atom is -0.507 e. The van der Waals surface area contributed by atoms with Crippen molar-refractivity contribution in [1.29, 1.82) is 0 Å². The molecule has 49 heavy (non-hydrogen) atoms. The number of piperazine rings is 1. The topological polar surface area (TPSA) is 169 Å². The lowest BCUT2D eigenvalue weighted by atomic mass is 10.1. The van der Waals surface area contributed by atoms with Gasteiger partial charge in [0.2, 0.25) is 5.91 Å². The lowest BCUT2D eigenvalue weighted by molar-refractivity contribution is -0.137. The van der Waals surface area contributed by atoms with Gasteiger partial charge in [0.05, 0.1) is 24.9 Å². The summed E-state index contributed by atoms with van der Waals surface area (Å²) in [7, 11) is 0. The molecule has 13 nitrogen and oxygen atoms in total. The molecule has 2 heterocycles. The number of halogens is 3. The monoisotopic (exact) mass is 679 g/mol. The smallest absolute Gasteiger partial charge is 0.416 e. The van der Waals surface area contributed by atoms with Gasteiger partial charge in [0.1, 0.15) is 11.3 Å². The largest absolute Gasteiger partial charge is 0.507 e. The number of aryl methyl sites for hydroxylation is 1. The number of nitrogens with one attached hydrogen (secondary N) is 4. The van der Waals surface area contributed by atoms with E-state index >= 15 is 0 Å². The third-order valence-corrected chi connectivity index (χ3v) is 7.57. The van der Waals surface area contributed by atoms with Gasteiger partial charge < -0.3 is 25.5 Å². The fourth-order valence-corrected chi connectivity index (χ4v) is 5.10. The number of fused-ring (bicyclic) bond motifs is 1. The molecule has 1 saturated heterocycles. The van der Waals surface area contributed by atoms with Crippen LogP contribution in [0.3, 0.4) is 0 Å². The summed E-state index contributed by atoms with van der Waals surface area (Å²) in [6.45, 7) is 4.15. The van der Waals surface area contributed by atoms with Gasteiger partial charge in [0, 0.05) is 66.3 Å². The van der Waals surface area contributed by atoms with Crippen molar-refractivity contribution in [3.63, 3.8) is 0 Å². The normalized spacial score (nSPS) is 14.1. The number of hydrazone groups is 1. The summed E-state index contributed by atoms with van der Waals surface area (Å²) < 4.78 is 43.8. The number of alkyl halides is 3. The Labute approximate surface area is 277 Å². The number of anilines is 3. The maximum Gasteiger partial charge on any atom is 0.416 e. The van der Waals surface area contributed by atoms with Crippen LogP contribution in [0.2, 0.25) is 0 Å². The maximum absolute atomic E-state index is 12.9. The molecule has 0 bridgehead atoms. The van der Waals surface area contributed by atoms with Gasteiger partial charge in [-0.3, -0.25) is 19.4 Å². The number of rotatable bonds is 9. The van der Waals surface area contributed by atoms with E-state index in [1.165, 1.54) is 30.5 Å². The molecule has 0 spiro atoms. The van der Waals surface area contributed by atoms with Crippen LogP contribution in [-0.4, -0.2) is 78.2 Å². The molecule has 4 aromatic rings. The van der Waals surface area contributed by atoms with Crippen LogP contribution >= 0.6 is 0 Å². The third kappa shape index (κ3) is 9.65. The average molecular weight is 680 g/mol. The summed E-state index contributed by atoms with van der Waals surface area (Å²) in [5, 5.41) is 22.5. The molecular weight excluding hydrogens is 647 g/mol. The van der Waals surface area contributed by atoms with E-state index in [-0.39, 0.29) is 41.9 Å². The average Bonchev–Trinajstić information content (AvgIpc) is 3.03. The molecule has 0 saturated carbocycles. The summed E-state index contributed by atoms with van der Waals surface area (Å²) in [6, 6.07) is 14.1. The minimum absolute atomic E-state index is 0.0145. The Morgan fingerprint density at radius 1 is 0.857 bits per heavy atom. The Balaban J connectivity index is 1.01. The number of carbonyl (C=O) groups is 3. The van der Waals surface area contributed by atoms with Crippen molar-refractivity contribution in [2.24, 2.45) is 5.10 Å². The van der Waals surface area contributed by atoms with Crippen LogP contribution in [0.4, 0.5) is 35.0 Å². The third-order valence-electron chi connectivity index (χ3n) is 7.57. The van der Waals surface area contributed by atoms with Gasteiger partial charge in [-0.2, -0.15) is 18.3 Å². The molecule has 1 aliphatic rings. The Morgan fingerprint density at radius 3 is 2.12 bits per heavy atom. The number of benzene rings is 3. The summed E-state index contributed by atoms with van der Waals surface area (Å²) in [6.07, 6.45) is -3.23. The molecule has 0 unspecified atom stereocenters. The molecule has 1 fully saturated rings. The van der Waals surface area contributed by atoms with Gasteiger partial charge in [-0.05, 0) is 61.0 Å². The number of phenolic OH excluding ortho intramolecular Hbond substituents is 1. The van der Waals surface area contributed by atoms with Crippen LogP contribution in [-0.2, 0) is 15.8 Å². The number of phenols is 1. The van der Waals surface area contributed by atoms with Crippen molar-refractivity contribution >= 4 is 52.1 Å². The van der Waals surface area contributed by atoms with Crippen LogP contribution in [0.25, 0.3) is 11.0 Å². The summed E-state index contributed by atoms with van der Waals surface area (Å²) in [5.74, 6) is -0.762. The number of carbonyl (C=O) groups excluding carboxylic acids is 3. The molecule has 256 valence electrons. The quantitative estimate of drug-likeness (QED) is 0.0998. The zero-order valence-corrected chi connectivity index (χ0v) is 26.1. The van der Waals surface area contributed by atoms with E-state index in [0.29, 0.717) is 54.1 Å². The first kappa shape index (κ1) is 34.6. The number of hydrogen-bond acceptors (Lipinski definition) is 9. The number of aromatic hydroxyl groups is 1. The van der Waals surface area contributed by atoms with Crippen molar-refractivity contribution in [1.82, 2.24) is 15.2 Å². The van der Waals surface area contributed by atoms with Crippen LogP contribution in [0, 0.1) is 6.92 Å². The van der Waals surface area contributed by atoms with E-state index in [9.17, 15) is 37.5 Å². The Bertz CT molecular complexity index is 1940. The fraction of sp³-hybridized carbons (Fsp3) is 0.242. The zero-order chi connectivity index (χ0) is 35.1. The van der Waals surface area contributed by atoms with Crippen LogP contribution in [0.1, 0.15) is 16.7 Å². The van der Waals surface area contributed by atoms with Gasteiger partial charge in [-0.1, -0.05) is 6.07 Å². The van der Waals surface area contributed by atoms with Gasteiger partial charge in [-0.15, -0.1) is 0 Å². The summed E-state index contributed by atoms with van der Waals surface area (Å²) >= 11 is 0. The molecule has 1 aromatic heterocycles. The highest BCUT2D eigenvalue weighted by molar-refractivity contribution is 6.00. The summed E-state index contributed by atoms with van der Waals surface area (Å²) in [5.41, 5.74) is 3.14. The van der Waals surface area contributed by atoms with E-state index in [4.69, 9.17) is 4.42 Å². The van der Waals surface area contributed by atoms with Crippen molar-refractivity contribution in [3.8, 4) is 5.75 Å². The minimum atomic E-state index is -4.53. The Morgan fingerprint density at radius 2 is 1.47 bits per heavy atom. The Hall–Kier alpha value is -5.74. The molecule has 3 aromatic carbocycles. The highest BCUT2D eigenvalue weighted by Gasteiger charge is 2.30. The number of urea groups is 1. The van der Waals surface area contributed by atoms with Crippen LogP contribution in [0.15, 0.2) is 81.0 Å². The highest BCUT2D eigenvalue weighted by Crippen LogP contribution is 2.31. The first-order valence-corrected chi connectivity index (χ1v) is 15.0. The molecule has 0 aliphatic carbocycles. The Kier molecular flexibility index (Phi) is 10.6. The van der Waals surface area contributed by atoms with Crippen LogP contribution < -0.4 is 27.0 Å². The van der Waals surface area contributed by atoms with Crippen LogP contribution in [0.5, 0.6) is 5.75 Å². The van der Waals surface area contributed by atoms with Crippen molar-refractivity contribution in [2.45, 2.75) is 13.1 Å². The van der Waals surface area contributed by atoms with Crippen molar-refractivity contribution < 1.29 is 37.1 Å². The van der Waals surface area contributed by atoms with Crippen molar-refractivity contribution in [3.05, 3.63) is 93.8 Å². The SMILES string of the molecule is Cc1cc(=O)oc2cc(O)c(/C=N/NC(=O)CN3CCN(CC(=O)Nc4ccc(NC(=O)Nc5cccc(C(F)(F)F)c5)cc4)CC3)cc12. The van der Waals surface area contributed by atoms with Crippen molar-refractivity contribution in [2.75, 3.05) is 55.2 Å². The fourth-order valence-electron chi connectivity index (χ4n) is 5.10. The molecule has 4 amide bonds. The second-order valence-electron chi connectivity index (χ2n) is 11.3.